The fourth-order valence-electron chi connectivity index (χ4n) is 7.27. The van der Waals surface area contributed by atoms with Gasteiger partial charge in [0.1, 0.15) is 0 Å². The van der Waals surface area contributed by atoms with Crippen LogP contribution in [0.1, 0.15) is 25.0 Å². The molecule has 220 valence electrons. The summed E-state index contributed by atoms with van der Waals surface area (Å²) < 4.78 is 6.49. The third-order valence-corrected chi connectivity index (χ3v) is 9.60. The van der Waals surface area contributed by atoms with Crippen LogP contribution in [0.3, 0.4) is 0 Å². The van der Waals surface area contributed by atoms with Gasteiger partial charge >= 0.3 is 0 Å². The minimum Gasteiger partial charge on any atom is -0.453 e. The number of rotatable bonds is 4. The lowest BCUT2D eigenvalue weighted by molar-refractivity contribution is 0.471. The molecule has 0 radical (unpaired) electrons. The van der Waals surface area contributed by atoms with E-state index in [0.717, 1.165) is 39.9 Å². The standard InChI is InChI=1S/C43H32N2O/c1-43(2)36-26-25-35(28-39(36)45-38-16-8-9-17-40(38)46-41-18-10-15-37(43)42(41)45)44(34-24-21-30-13-6-7-14-32(30)27-34)33-22-19-31(20-23-33)29-11-4-3-5-12-29/h3-28H,1-2H3. The van der Waals surface area contributed by atoms with Crippen LogP contribution in [-0.4, -0.2) is 0 Å². The van der Waals surface area contributed by atoms with Crippen molar-refractivity contribution >= 4 is 44.9 Å². The molecule has 0 atom stereocenters. The third kappa shape index (κ3) is 4.05. The Balaban J connectivity index is 1.25. The van der Waals surface area contributed by atoms with E-state index >= 15 is 0 Å². The first-order chi connectivity index (χ1) is 22.6. The number of hydrogen-bond donors (Lipinski definition) is 0. The molecule has 0 saturated carbocycles. The maximum atomic E-state index is 6.49. The fourth-order valence-corrected chi connectivity index (χ4v) is 7.27. The quantitative estimate of drug-likeness (QED) is 0.202. The van der Waals surface area contributed by atoms with Crippen LogP contribution in [0.2, 0.25) is 0 Å². The second-order valence-electron chi connectivity index (χ2n) is 12.7. The molecule has 46 heavy (non-hydrogen) atoms. The Kier molecular flexibility index (Phi) is 5.85. The average Bonchev–Trinajstić information content (AvgIpc) is 3.10. The van der Waals surface area contributed by atoms with Gasteiger partial charge in [-0.05, 0) is 87.6 Å². The first-order valence-electron chi connectivity index (χ1n) is 15.9. The third-order valence-electron chi connectivity index (χ3n) is 9.60. The fraction of sp³-hybridized carbons (Fsp3) is 0.0698. The van der Waals surface area contributed by atoms with Crippen molar-refractivity contribution in [1.29, 1.82) is 0 Å². The van der Waals surface area contributed by atoms with E-state index in [1.54, 1.807) is 0 Å². The molecule has 2 heterocycles. The van der Waals surface area contributed by atoms with Crippen molar-refractivity contribution in [3.8, 4) is 22.6 Å². The van der Waals surface area contributed by atoms with Crippen molar-refractivity contribution in [2.45, 2.75) is 19.3 Å². The lowest BCUT2D eigenvalue weighted by Crippen LogP contribution is -2.32. The SMILES string of the molecule is CC1(C)c2ccc(N(c3ccc(-c4ccccc4)cc3)c3ccc4ccccc4c3)cc2N2c3ccccc3Oc3cccc1c32. The lowest BCUT2D eigenvalue weighted by Gasteiger charge is -2.45. The first kappa shape index (κ1) is 26.6. The van der Waals surface area contributed by atoms with E-state index in [4.69, 9.17) is 4.74 Å². The highest BCUT2D eigenvalue weighted by Gasteiger charge is 2.41. The number of fused-ring (bicyclic) bond motifs is 5. The normalized spacial score (nSPS) is 13.7. The summed E-state index contributed by atoms with van der Waals surface area (Å²) in [5.41, 5.74) is 11.4. The highest BCUT2D eigenvalue weighted by atomic mass is 16.5. The molecule has 0 unspecified atom stereocenters. The van der Waals surface area contributed by atoms with Gasteiger partial charge in [-0.2, -0.15) is 0 Å². The van der Waals surface area contributed by atoms with Gasteiger partial charge in [0.15, 0.2) is 11.5 Å². The van der Waals surface area contributed by atoms with E-state index in [9.17, 15) is 0 Å². The van der Waals surface area contributed by atoms with Gasteiger partial charge in [0.05, 0.1) is 17.1 Å². The van der Waals surface area contributed by atoms with Crippen molar-refractivity contribution in [2.24, 2.45) is 0 Å². The number of nitrogens with zero attached hydrogens (tertiary/aromatic N) is 2. The summed E-state index contributed by atoms with van der Waals surface area (Å²) in [4.78, 5) is 4.78. The Labute approximate surface area is 269 Å². The number of para-hydroxylation sites is 3. The summed E-state index contributed by atoms with van der Waals surface area (Å²) in [6.45, 7) is 4.64. The monoisotopic (exact) mass is 592 g/mol. The predicted molar refractivity (Wildman–Crippen MR) is 191 cm³/mol. The van der Waals surface area contributed by atoms with E-state index in [1.807, 2.05) is 6.07 Å². The molecule has 3 heteroatoms. The molecule has 0 fully saturated rings. The van der Waals surface area contributed by atoms with Crippen LogP contribution in [0.4, 0.5) is 34.1 Å². The number of hydrogen-bond acceptors (Lipinski definition) is 3. The molecule has 2 aliphatic rings. The van der Waals surface area contributed by atoms with Gasteiger partial charge in [-0.1, -0.05) is 117 Å². The Bertz CT molecular complexity index is 2270. The number of ether oxygens (including phenoxy) is 1. The second kappa shape index (κ2) is 10.1. The molecule has 7 aromatic carbocycles. The summed E-state index contributed by atoms with van der Waals surface area (Å²) in [5, 5.41) is 2.44. The van der Waals surface area contributed by atoms with E-state index in [-0.39, 0.29) is 5.41 Å². The summed E-state index contributed by atoms with van der Waals surface area (Å²) >= 11 is 0. The molecule has 2 aliphatic heterocycles. The summed E-state index contributed by atoms with van der Waals surface area (Å²) in [5.74, 6) is 1.76. The molecule has 0 spiro atoms. The zero-order valence-electron chi connectivity index (χ0n) is 25.8. The first-order valence-corrected chi connectivity index (χ1v) is 15.9. The maximum absolute atomic E-state index is 6.49. The van der Waals surface area contributed by atoms with Crippen molar-refractivity contribution in [3.05, 3.63) is 169 Å². The highest BCUT2D eigenvalue weighted by molar-refractivity contribution is 5.95. The lowest BCUT2D eigenvalue weighted by atomic mass is 9.73. The van der Waals surface area contributed by atoms with Gasteiger partial charge in [-0.25, -0.2) is 0 Å². The van der Waals surface area contributed by atoms with Crippen LogP contribution in [0.25, 0.3) is 21.9 Å². The van der Waals surface area contributed by atoms with Crippen LogP contribution in [0, 0.1) is 0 Å². The Morgan fingerprint density at radius 3 is 1.98 bits per heavy atom. The Morgan fingerprint density at radius 2 is 1.13 bits per heavy atom. The highest BCUT2D eigenvalue weighted by Crippen LogP contribution is 2.60. The van der Waals surface area contributed by atoms with Gasteiger partial charge in [0.2, 0.25) is 0 Å². The average molecular weight is 593 g/mol. The van der Waals surface area contributed by atoms with Gasteiger partial charge in [0.25, 0.3) is 0 Å². The van der Waals surface area contributed by atoms with E-state index < -0.39 is 0 Å². The van der Waals surface area contributed by atoms with Gasteiger partial charge in [0, 0.05) is 22.5 Å². The van der Waals surface area contributed by atoms with E-state index in [1.165, 1.54) is 38.7 Å². The number of anilines is 6. The molecule has 0 aromatic heterocycles. The van der Waals surface area contributed by atoms with Gasteiger partial charge in [-0.3, -0.25) is 0 Å². The predicted octanol–water partition coefficient (Wildman–Crippen LogP) is 12.2. The number of benzene rings is 7. The van der Waals surface area contributed by atoms with E-state index in [0.29, 0.717) is 0 Å². The smallest absolute Gasteiger partial charge is 0.151 e. The van der Waals surface area contributed by atoms with E-state index in [2.05, 4.69) is 175 Å². The van der Waals surface area contributed by atoms with Crippen molar-refractivity contribution < 1.29 is 4.74 Å². The summed E-state index contributed by atoms with van der Waals surface area (Å²) in [6.07, 6.45) is 0. The largest absolute Gasteiger partial charge is 0.453 e. The van der Waals surface area contributed by atoms with Crippen molar-refractivity contribution in [3.63, 3.8) is 0 Å². The zero-order chi connectivity index (χ0) is 30.8. The molecule has 0 amide bonds. The molecule has 9 rings (SSSR count). The van der Waals surface area contributed by atoms with Crippen molar-refractivity contribution in [2.75, 3.05) is 9.80 Å². The minimum atomic E-state index is -0.212. The minimum absolute atomic E-state index is 0.212. The van der Waals surface area contributed by atoms with Crippen LogP contribution in [-0.2, 0) is 5.41 Å². The topological polar surface area (TPSA) is 15.7 Å². The second-order valence-corrected chi connectivity index (χ2v) is 12.7. The van der Waals surface area contributed by atoms with Crippen LogP contribution in [0.15, 0.2) is 158 Å². The molecule has 0 aliphatic carbocycles. The molecular weight excluding hydrogens is 560 g/mol. The molecule has 7 aromatic rings. The zero-order valence-corrected chi connectivity index (χ0v) is 25.8. The van der Waals surface area contributed by atoms with Crippen LogP contribution < -0.4 is 14.5 Å². The Morgan fingerprint density at radius 1 is 0.478 bits per heavy atom. The summed E-state index contributed by atoms with van der Waals surface area (Å²) in [6, 6.07) is 56.5. The van der Waals surface area contributed by atoms with Crippen LogP contribution >= 0.6 is 0 Å². The molecule has 3 nitrogen and oxygen atoms in total. The molecule has 0 bridgehead atoms. The maximum Gasteiger partial charge on any atom is 0.151 e. The van der Waals surface area contributed by atoms with Gasteiger partial charge in [-0.15, -0.1) is 0 Å². The molecular formula is C43H32N2O. The van der Waals surface area contributed by atoms with Gasteiger partial charge < -0.3 is 14.5 Å². The van der Waals surface area contributed by atoms with Crippen molar-refractivity contribution in [1.82, 2.24) is 0 Å². The Hall–Kier alpha value is -5.80. The molecule has 0 saturated heterocycles. The summed E-state index contributed by atoms with van der Waals surface area (Å²) in [7, 11) is 0. The van der Waals surface area contributed by atoms with Crippen LogP contribution in [0.5, 0.6) is 11.5 Å². The molecule has 0 N–H and O–H groups in total.